The SMILES string of the molecule is C=C1/C(=C/C2=C(C(C)=O)COC(=O)[C@]2(C)CC)NC(N)/C1=C/c1ccccc1CC. The van der Waals surface area contributed by atoms with Crippen LogP contribution in [0.15, 0.2) is 64.9 Å². The van der Waals surface area contributed by atoms with Crippen LogP contribution in [0.2, 0.25) is 0 Å². The molecule has 1 unspecified atom stereocenters. The highest BCUT2D eigenvalue weighted by molar-refractivity contribution is 5.99. The molecule has 3 N–H and O–H groups in total. The van der Waals surface area contributed by atoms with Gasteiger partial charge in [-0.2, -0.15) is 0 Å². The lowest BCUT2D eigenvalue weighted by molar-refractivity contribution is -0.153. The molecule has 0 saturated carbocycles. The lowest BCUT2D eigenvalue weighted by Crippen LogP contribution is -2.38. The molecule has 0 amide bonds. The molecule has 0 aromatic heterocycles. The standard InChI is InChI=1S/C25H30N2O3/c1-6-17-10-8-9-11-18(17)12-19-15(3)22(27-23(19)26)13-21-20(16(4)28)14-30-24(29)25(21,5)7-2/h8-13,23,27H,3,6-7,14,26H2,1-2,4-5H3/b19-12+,22-13-/t23?,25-/m1/s1. The predicted octanol–water partition coefficient (Wildman–Crippen LogP) is 3.82. The van der Waals surface area contributed by atoms with Crippen molar-refractivity contribution >= 4 is 17.8 Å². The van der Waals surface area contributed by atoms with Crippen molar-refractivity contribution in [2.45, 2.75) is 46.7 Å². The number of hydrogen-bond acceptors (Lipinski definition) is 5. The molecule has 2 atom stereocenters. The number of benzene rings is 1. The fourth-order valence-electron chi connectivity index (χ4n) is 3.98. The quantitative estimate of drug-likeness (QED) is 0.727. The first-order valence-electron chi connectivity index (χ1n) is 10.4. The maximum absolute atomic E-state index is 12.5. The third-order valence-corrected chi connectivity index (χ3v) is 6.21. The minimum absolute atomic E-state index is 0.00598. The lowest BCUT2D eigenvalue weighted by atomic mass is 9.74. The molecule has 1 saturated heterocycles. The molecule has 1 aromatic rings. The van der Waals surface area contributed by atoms with Gasteiger partial charge in [0.1, 0.15) is 12.8 Å². The molecule has 2 aliphatic heterocycles. The Bertz CT molecular complexity index is 999. The van der Waals surface area contributed by atoms with Crippen LogP contribution >= 0.6 is 0 Å². The number of esters is 1. The minimum Gasteiger partial charge on any atom is -0.460 e. The summed E-state index contributed by atoms with van der Waals surface area (Å²) >= 11 is 0. The lowest BCUT2D eigenvalue weighted by Gasteiger charge is -2.33. The summed E-state index contributed by atoms with van der Waals surface area (Å²) in [5, 5.41) is 3.27. The van der Waals surface area contributed by atoms with E-state index in [1.807, 2.05) is 32.1 Å². The molecule has 0 spiro atoms. The molecule has 3 rings (SSSR count). The van der Waals surface area contributed by atoms with Crippen LogP contribution in [0.1, 0.15) is 45.2 Å². The van der Waals surface area contributed by atoms with Gasteiger partial charge in [-0.1, -0.05) is 44.7 Å². The van der Waals surface area contributed by atoms with E-state index in [1.165, 1.54) is 12.5 Å². The van der Waals surface area contributed by atoms with Gasteiger partial charge >= 0.3 is 5.97 Å². The Morgan fingerprint density at radius 1 is 1.33 bits per heavy atom. The van der Waals surface area contributed by atoms with E-state index < -0.39 is 11.6 Å². The van der Waals surface area contributed by atoms with Crippen LogP contribution < -0.4 is 11.1 Å². The van der Waals surface area contributed by atoms with Crippen LogP contribution in [-0.4, -0.2) is 24.5 Å². The van der Waals surface area contributed by atoms with E-state index in [0.29, 0.717) is 17.6 Å². The van der Waals surface area contributed by atoms with Gasteiger partial charge in [0.2, 0.25) is 0 Å². The van der Waals surface area contributed by atoms with E-state index in [-0.39, 0.29) is 18.4 Å². The van der Waals surface area contributed by atoms with E-state index in [2.05, 4.69) is 37.0 Å². The highest BCUT2D eigenvalue weighted by Crippen LogP contribution is 2.41. The summed E-state index contributed by atoms with van der Waals surface area (Å²) < 4.78 is 5.30. The normalized spacial score (nSPS) is 26.9. The first kappa shape index (κ1) is 21.8. The monoisotopic (exact) mass is 406 g/mol. The Kier molecular flexibility index (Phi) is 6.13. The molecule has 2 heterocycles. The van der Waals surface area contributed by atoms with Crippen molar-refractivity contribution in [3.63, 3.8) is 0 Å². The molecule has 30 heavy (non-hydrogen) atoms. The van der Waals surface area contributed by atoms with Crippen molar-refractivity contribution in [3.8, 4) is 0 Å². The van der Waals surface area contributed by atoms with Crippen LogP contribution in [0.3, 0.4) is 0 Å². The average Bonchev–Trinajstić information content (AvgIpc) is 2.99. The molecular weight excluding hydrogens is 376 g/mol. The fourth-order valence-corrected chi connectivity index (χ4v) is 3.98. The molecule has 1 fully saturated rings. The summed E-state index contributed by atoms with van der Waals surface area (Å²) in [5.74, 6) is -0.419. The molecular formula is C25H30N2O3. The second-order valence-electron chi connectivity index (χ2n) is 8.02. The molecule has 1 aromatic carbocycles. The number of ether oxygens (including phenoxy) is 1. The first-order chi connectivity index (χ1) is 14.2. The van der Waals surface area contributed by atoms with E-state index in [9.17, 15) is 9.59 Å². The number of nitrogens with two attached hydrogens (primary N) is 1. The van der Waals surface area contributed by atoms with Gasteiger partial charge in [0, 0.05) is 11.3 Å². The van der Waals surface area contributed by atoms with Crippen molar-refractivity contribution < 1.29 is 14.3 Å². The van der Waals surface area contributed by atoms with Crippen molar-refractivity contribution in [1.82, 2.24) is 5.32 Å². The molecule has 5 nitrogen and oxygen atoms in total. The van der Waals surface area contributed by atoms with Gasteiger partial charge in [-0.3, -0.25) is 9.59 Å². The van der Waals surface area contributed by atoms with E-state index in [1.54, 1.807) is 0 Å². The Hall–Kier alpha value is -2.92. The van der Waals surface area contributed by atoms with Gasteiger partial charge < -0.3 is 15.8 Å². The average molecular weight is 407 g/mol. The highest BCUT2D eigenvalue weighted by atomic mass is 16.5. The second kappa shape index (κ2) is 8.44. The van der Waals surface area contributed by atoms with Crippen molar-refractivity contribution in [2.24, 2.45) is 11.1 Å². The fraction of sp³-hybridized carbons (Fsp3) is 0.360. The number of ketones is 1. The number of nitrogens with one attached hydrogen (secondary N) is 1. The van der Waals surface area contributed by atoms with Crippen LogP contribution in [-0.2, 0) is 20.7 Å². The van der Waals surface area contributed by atoms with Gasteiger partial charge in [-0.05, 0) is 66.7 Å². The summed E-state index contributed by atoms with van der Waals surface area (Å²) in [7, 11) is 0. The van der Waals surface area contributed by atoms with Crippen molar-refractivity contribution in [1.29, 1.82) is 0 Å². The topological polar surface area (TPSA) is 81.4 Å². The van der Waals surface area contributed by atoms with E-state index in [4.69, 9.17) is 10.5 Å². The largest absolute Gasteiger partial charge is 0.460 e. The third-order valence-electron chi connectivity index (χ3n) is 6.21. The van der Waals surface area contributed by atoms with E-state index in [0.717, 1.165) is 28.8 Å². The Morgan fingerprint density at radius 2 is 2.03 bits per heavy atom. The summed E-state index contributed by atoms with van der Waals surface area (Å²) in [5.41, 5.74) is 11.4. The van der Waals surface area contributed by atoms with Gasteiger partial charge in [-0.25, -0.2) is 0 Å². The molecule has 0 aliphatic carbocycles. The zero-order valence-corrected chi connectivity index (χ0v) is 18.2. The zero-order chi connectivity index (χ0) is 22.1. The number of cyclic esters (lactones) is 1. The Morgan fingerprint density at radius 3 is 2.67 bits per heavy atom. The van der Waals surface area contributed by atoms with Crippen LogP contribution in [0, 0.1) is 5.41 Å². The zero-order valence-electron chi connectivity index (χ0n) is 18.2. The van der Waals surface area contributed by atoms with Crippen LogP contribution in [0.25, 0.3) is 6.08 Å². The molecule has 158 valence electrons. The number of rotatable bonds is 5. The summed E-state index contributed by atoms with van der Waals surface area (Å²) in [6.07, 6.45) is 4.94. The Labute approximate surface area is 178 Å². The minimum atomic E-state index is -0.889. The first-order valence-corrected chi connectivity index (χ1v) is 10.4. The number of carbonyl (C=O) groups excluding carboxylic acids is 2. The second-order valence-corrected chi connectivity index (χ2v) is 8.02. The summed E-state index contributed by atoms with van der Waals surface area (Å²) in [6, 6.07) is 8.19. The van der Waals surface area contributed by atoms with E-state index >= 15 is 0 Å². The molecule has 0 radical (unpaired) electrons. The van der Waals surface area contributed by atoms with Crippen molar-refractivity contribution in [3.05, 3.63) is 76.0 Å². The number of hydrogen-bond donors (Lipinski definition) is 2. The molecule has 5 heteroatoms. The molecule has 0 bridgehead atoms. The number of Topliss-reactive ketones (excluding diaryl/α,β-unsaturated/α-hetero) is 1. The van der Waals surface area contributed by atoms with Gasteiger partial charge in [0.25, 0.3) is 0 Å². The van der Waals surface area contributed by atoms with Gasteiger partial charge in [0.05, 0.1) is 5.41 Å². The number of carbonyl (C=O) groups is 2. The maximum Gasteiger partial charge on any atom is 0.316 e. The highest BCUT2D eigenvalue weighted by Gasteiger charge is 2.43. The number of aryl methyl sites for hydroxylation is 1. The van der Waals surface area contributed by atoms with Crippen LogP contribution in [0.5, 0.6) is 0 Å². The summed E-state index contributed by atoms with van der Waals surface area (Å²) in [6.45, 7) is 11.6. The predicted molar refractivity (Wildman–Crippen MR) is 119 cm³/mol. The smallest absolute Gasteiger partial charge is 0.316 e. The number of allylic oxidation sites excluding steroid dienone is 2. The van der Waals surface area contributed by atoms with Crippen molar-refractivity contribution in [2.75, 3.05) is 6.61 Å². The van der Waals surface area contributed by atoms with Gasteiger partial charge in [0.15, 0.2) is 5.78 Å². The third kappa shape index (κ3) is 3.77. The van der Waals surface area contributed by atoms with Crippen LogP contribution in [0.4, 0.5) is 0 Å². The maximum atomic E-state index is 12.5. The Balaban J connectivity index is 2.07. The molecule has 2 aliphatic rings. The van der Waals surface area contributed by atoms with Gasteiger partial charge in [-0.15, -0.1) is 0 Å². The summed E-state index contributed by atoms with van der Waals surface area (Å²) in [4.78, 5) is 24.8.